The van der Waals surface area contributed by atoms with Crippen LogP contribution in [0.2, 0.25) is 0 Å². The lowest BCUT2D eigenvalue weighted by Gasteiger charge is -2.24. The van der Waals surface area contributed by atoms with Gasteiger partial charge in [-0.2, -0.15) is 0 Å². The molecule has 0 aliphatic heterocycles. The molecule has 0 N–H and O–H groups in total. The van der Waals surface area contributed by atoms with E-state index in [2.05, 4.69) is 20.8 Å². The summed E-state index contributed by atoms with van der Waals surface area (Å²) < 4.78 is 0. The van der Waals surface area contributed by atoms with Gasteiger partial charge >= 0.3 is 0 Å². The number of carbonyl (C=O) groups is 1. The number of Topliss-reactive ketones (excluding diaryl/α,β-unsaturated/α-hetero) is 1. The monoisotopic (exact) mass is 166 g/mol. The Labute approximate surface area is 74.5 Å². The summed E-state index contributed by atoms with van der Waals surface area (Å²) in [6, 6.07) is 0. The minimum atomic E-state index is 0.317. The van der Waals surface area contributed by atoms with Gasteiger partial charge in [0.1, 0.15) is 5.78 Å². The summed E-state index contributed by atoms with van der Waals surface area (Å²) in [6.45, 7) is 6.78. The van der Waals surface area contributed by atoms with E-state index in [0.29, 0.717) is 29.0 Å². The Morgan fingerprint density at radius 1 is 1.50 bits per heavy atom. The molecule has 12 heavy (non-hydrogen) atoms. The lowest BCUT2D eigenvalue weighted by Crippen LogP contribution is -2.24. The Hall–Kier alpha value is -0.330. The summed E-state index contributed by atoms with van der Waals surface area (Å²) in [4.78, 5) is 11.6. The van der Waals surface area contributed by atoms with Crippen molar-refractivity contribution in [3.05, 3.63) is 0 Å². The fraction of sp³-hybridized carbons (Fsp3) is 0.909. The molecule has 2 fully saturated rings. The molecule has 0 heterocycles. The van der Waals surface area contributed by atoms with Gasteiger partial charge in [0.2, 0.25) is 0 Å². The summed E-state index contributed by atoms with van der Waals surface area (Å²) >= 11 is 0. The molecule has 0 spiro atoms. The van der Waals surface area contributed by atoms with Crippen molar-refractivity contribution >= 4 is 5.78 Å². The van der Waals surface area contributed by atoms with Crippen LogP contribution >= 0.6 is 0 Å². The summed E-state index contributed by atoms with van der Waals surface area (Å²) in [5.41, 5.74) is 0.317. The van der Waals surface area contributed by atoms with Crippen LogP contribution in [0.4, 0.5) is 0 Å². The van der Waals surface area contributed by atoms with Gasteiger partial charge < -0.3 is 0 Å². The van der Waals surface area contributed by atoms with E-state index in [0.717, 1.165) is 6.42 Å². The van der Waals surface area contributed by atoms with Crippen molar-refractivity contribution in [2.45, 2.75) is 40.0 Å². The quantitative estimate of drug-likeness (QED) is 0.585. The minimum Gasteiger partial charge on any atom is -0.299 e. The maximum atomic E-state index is 11.6. The molecular formula is C11H18O. The van der Waals surface area contributed by atoms with Crippen molar-refractivity contribution < 1.29 is 4.79 Å². The molecule has 2 aliphatic carbocycles. The molecule has 3 atom stereocenters. The molecule has 68 valence electrons. The average Bonchev–Trinajstić information content (AvgIpc) is 2.35. The van der Waals surface area contributed by atoms with Gasteiger partial charge in [0.25, 0.3) is 0 Å². The highest BCUT2D eigenvalue weighted by atomic mass is 16.1. The van der Waals surface area contributed by atoms with Crippen molar-refractivity contribution in [3.63, 3.8) is 0 Å². The number of ketones is 1. The highest BCUT2D eigenvalue weighted by Gasteiger charge is 2.57. The summed E-state index contributed by atoms with van der Waals surface area (Å²) in [5.74, 6) is 2.34. The van der Waals surface area contributed by atoms with E-state index in [-0.39, 0.29) is 0 Å². The van der Waals surface area contributed by atoms with Gasteiger partial charge in [0.15, 0.2) is 0 Å². The summed E-state index contributed by atoms with van der Waals surface area (Å²) in [7, 11) is 0. The highest BCUT2D eigenvalue weighted by Crippen LogP contribution is 2.59. The first-order chi connectivity index (χ1) is 5.57. The van der Waals surface area contributed by atoms with Crippen molar-refractivity contribution in [2.75, 3.05) is 0 Å². The first-order valence-electron chi connectivity index (χ1n) is 5.10. The number of fused-ring (bicyclic) bond motifs is 2. The van der Waals surface area contributed by atoms with E-state index >= 15 is 0 Å². The van der Waals surface area contributed by atoms with E-state index in [1.54, 1.807) is 0 Å². The van der Waals surface area contributed by atoms with Crippen molar-refractivity contribution in [1.29, 1.82) is 0 Å². The van der Waals surface area contributed by atoms with Crippen molar-refractivity contribution in [3.8, 4) is 0 Å². The summed E-state index contributed by atoms with van der Waals surface area (Å²) in [6.07, 6.45) is 3.37. The molecule has 0 radical (unpaired) electrons. The van der Waals surface area contributed by atoms with E-state index in [1.165, 1.54) is 12.8 Å². The first-order valence-corrected chi connectivity index (χ1v) is 5.10. The first kappa shape index (κ1) is 8.28. The van der Waals surface area contributed by atoms with Crippen molar-refractivity contribution in [2.24, 2.45) is 23.2 Å². The minimum absolute atomic E-state index is 0.317. The summed E-state index contributed by atoms with van der Waals surface area (Å²) in [5, 5.41) is 0. The molecule has 2 aliphatic rings. The third kappa shape index (κ3) is 0.826. The van der Waals surface area contributed by atoms with Crippen LogP contribution in [0.15, 0.2) is 0 Å². The molecule has 2 rings (SSSR count). The maximum absolute atomic E-state index is 11.6. The standard InChI is InChI=1S/C11H18O/c1-4-7-5-8-6-9(12)10(7)11(8,2)3/h7-8,10H,4-6H2,1-3H3/t7?,8?,10-/m1/s1. The van der Waals surface area contributed by atoms with Crippen LogP contribution < -0.4 is 0 Å². The van der Waals surface area contributed by atoms with Gasteiger partial charge in [0.05, 0.1) is 0 Å². The van der Waals surface area contributed by atoms with Gasteiger partial charge in [-0.25, -0.2) is 0 Å². The largest absolute Gasteiger partial charge is 0.299 e. The Morgan fingerprint density at radius 2 is 2.17 bits per heavy atom. The average molecular weight is 166 g/mol. The third-order valence-electron chi connectivity index (χ3n) is 4.23. The molecule has 2 saturated carbocycles. The predicted molar refractivity (Wildman–Crippen MR) is 48.8 cm³/mol. The number of hydrogen-bond donors (Lipinski definition) is 0. The van der Waals surface area contributed by atoms with Gasteiger partial charge in [0, 0.05) is 12.3 Å². The predicted octanol–water partition coefficient (Wildman–Crippen LogP) is 2.65. The molecule has 0 aromatic rings. The molecule has 2 unspecified atom stereocenters. The van der Waals surface area contributed by atoms with E-state index in [4.69, 9.17) is 0 Å². The van der Waals surface area contributed by atoms with Crippen LogP contribution in [-0.2, 0) is 4.79 Å². The van der Waals surface area contributed by atoms with Gasteiger partial charge in [-0.3, -0.25) is 4.79 Å². The number of hydrogen-bond acceptors (Lipinski definition) is 1. The fourth-order valence-corrected chi connectivity index (χ4v) is 3.46. The second kappa shape index (κ2) is 2.34. The fourth-order valence-electron chi connectivity index (χ4n) is 3.46. The third-order valence-corrected chi connectivity index (χ3v) is 4.23. The topological polar surface area (TPSA) is 17.1 Å². The SMILES string of the molecule is CCC1CC2CC(=O)[C@@H]1C2(C)C. The van der Waals surface area contributed by atoms with Crippen LogP contribution in [0.5, 0.6) is 0 Å². The number of rotatable bonds is 1. The molecule has 0 amide bonds. The second-order valence-electron chi connectivity index (χ2n) is 5.07. The zero-order chi connectivity index (χ0) is 8.93. The zero-order valence-electron chi connectivity index (χ0n) is 8.26. The van der Waals surface area contributed by atoms with E-state index in [9.17, 15) is 4.79 Å². The van der Waals surface area contributed by atoms with Crippen LogP contribution in [0.25, 0.3) is 0 Å². The molecule has 1 heteroatoms. The molecule has 0 saturated heterocycles. The van der Waals surface area contributed by atoms with E-state index < -0.39 is 0 Å². The normalized spacial score (nSPS) is 43.9. The zero-order valence-corrected chi connectivity index (χ0v) is 8.26. The molecule has 0 aromatic carbocycles. The van der Waals surface area contributed by atoms with Crippen LogP contribution in [-0.4, -0.2) is 5.78 Å². The lowest BCUT2D eigenvalue weighted by atomic mass is 9.79. The lowest BCUT2D eigenvalue weighted by molar-refractivity contribution is -0.124. The van der Waals surface area contributed by atoms with Gasteiger partial charge in [-0.05, 0) is 23.7 Å². The van der Waals surface area contributed by atoms with Gasteiger partial charge in [-0.15, -0.1) is 0 Å². The molecule has 0 aromatic heterocycles. The smallest absolute Gasteiger partial charge is 0.137 e. The maximum Gasteiger partial charge on any atom is 0.137 e. The van der Waals surface area contributed by atoms with Crippen LogP contribution in [0, 0.1) is 23.2 Å². The van der Waals surface area contributed by atoms with Crippen molar-refractivity contribution in [1.82, 2.24) is 0 Å². The van der Waals surface area contributed by atoms with Crippen LogP contribution in [0.3, 0.4) is 0 Å². The Kier molecular flexibility index (Phi) is 1.61. The van der Waals surface area contributed by atoms with E-state index in [1.807, 2.05) is 0 Å². The molecular weight excluding hydrogens is 148 g/mol. The molecule has 2 bridgehead atoms. The second-order valence-corrected chi connectivity index (χ2v) is 5.07. The van der Waals surface area contributed by atoms with Gasteiger partial charge in [-0.1, -0.05) is 27.2 Å². The number of carbonyl (C=O) groups excluding carboxylic acids is 1. The molecule has 1 nitrogen and oxygen atoms in total. The Balaban J connectivity index is 2.30. The van der Waals surface area contributed by atoms with Crippen LogP contribution in [0.1, 0.15) is 40.0 Å². The highest BCUT2D eigenvalue weighted by molar-refractivity contribution is 5.86. The Morgan fingerprint density at radius 3 is 2.50 bits per heavy atom. The Bertz CT molecular complexity index is 217.